The first-order valence-corrected chi connectivity index (χ1v) is 7.97. The van der Waals surface area contributed by atoms with E-state index in [0.717, 1.165) is 38.1 Å². The molecule has 102 valence electrons. The van der Waals surface area contributed by atoms with E-state index in [-0.39, 0.29) is 0 Å². The van der Waals surface area contributed by atoms with E-state index in [1.54, 1.807) is 11.8 Å². The number of nitrogens with one attached hydrogen (secondary N) is 1. The largest absolute Gasteiger partial charge is 0.276 e. The maximum absolute atomic E-state index is 4.78. The second-order valence-electron chi connectivity index (χ2n) is 4.83. The van der Waals surface area contributed by atoms with Crippen LogP contribution in [0, 0.1) is 0 Å². The van der Waals surface area contributed by atoms with Crippen molar-refractivity contribution >= 4 is 33.6 Å². The molecule has 4 aromatic rings. The van der Waals surface area contributed by atoms with Gasteiger partial charge in [0.1, 0.15) is 10.7 Å². The Balaban J connectivity index is 2.14. The fraction of sp³-hybridized carbons (Fsp3) is 0.0588. The summed E-state index contributed by atoms with van der Waals surface area (Å²) in [7, 11) is 0. The van der Waals surface area contributed by atoms with Crippen LogP contribution in [0.4, 0.5) is 0 Å². The maximum atomic E-state index is 4.78. The van der Waals surface area contributed by atoms with Gasteiger partial charge in [-0.25, -0.2) is 4.98 Å². The van der Waals surface area contributed by atoms with Crippen molar-refractivity contribution < 1.29 is 0 Å². The highest BCUT2D eigenvalue weighted by Crippen LogP contribution is 2.35. The first-order valence-electron chi connectivity index (χ1n) is 6.74. The van der Waals surface area contributed by atoms with E-state index < -0.39 is 0 Å². The van der Waals surface area contributed by atoms with Gasteiger partial charge in [0.05, 0.1) is 16.4 Å². The number of hydrogen-bond acceptors (Lipinski definition) is 3. The molecule has 0 aliphatic rings. The minimum atomic E-state index is 0.966. The molecule has 0 saturated carbocycles. The van der Waals surface area contributed by atoms with Crippen LogP contribution in [0.3, 0.4) is 0 Å². The van der Waals surface area contributed by atoms with Crippen LogP contribution in [-0.4, -0.2) is 21.4 Å². The zero-order chi connectivity index (χ0) is 14.2. The second kappa shape index (κ2) is 4.90. The Labute approximate surface area is 126 Å². The van der Waals surface area contributed by atoms with Crippen molar-refractivity contribution in [1.29, 1.82) is 0 Å². The van der Waals surface area contributed by atoms with Crippen LogP contribution in [0.2, 0.25) is 0 Å². The van der Waals surface area contributed by atoms with Crippen molar-refractivity contribution in [3.05, 3.63) is 54.6 Å². The van der Waals surface area contributed by atoms with Crippen molar-refractivity contribution in [1.82, 2.24) is 15.2 Å². The highest BCUT2D eigenvalue weighted by Gasteiger charge is 2.15. The van der Waals surface area contributed by atoms with Gasteiger partial charge in [-0.05, 0) is 12.3 Å². The fourth-order valence-corrected chi connectivity index (χ4v) is 3.24. The molecule has 1 N–H and O–H groups in total. The van der Waals surface area contributed by atoms with Crippen molar-refractivity contribution in [3.63, 3.8) is 0 Å². The Morgan fingerprint density at radius 3 is 2.52 bits per heavy atom. The van der Waals surface area contributed by atoms with Crippen molar-refractivity contribution in [2.75, 3.05) is 6.26 Å². The van der Waals surface area contributed by atoms with Crippen LogP contribution in [0.25, 0.3) is 33.1 Å². The van der Waals surface area contributed by atoms with Crippen LogP contribution in [-0.2, 0) is 0 Å². The summed E-state index contributed by atoms with van der Waals surface area (Å²) in [5, 5.41) is 11.0. The first-order chi connectivity index (χ1) is 10.4. The van der Waals surface area contributed by atoms with Crippen LogP contribution in [0.1, 0.15) is 0 Å². The van der Waals surface area contributed by atoms with E-state index in [4.69, 9.17) is 4.98 Å². The lowest BCUT2D eigenvalue weighted by atomic mass is 10.1. The molecule has 4 heteroatoms. The molecule has 2 heterocycles. The number of fused-ring (bicyclic) bond motifs is 3. The molecule has 0 amide bonds. The molecule has 0 unspecified atom stereocenters. The minimum absolute atomic E-state index is 0.966. The van der Waals surface area contributed by atoms with E-state index in [0.29, 0.717) is 0 Å². The number of aromatic nitrogens is 3. The molecule has 0 spiro atoms. The number of aromatic amines is 1. The molecule has 0 saturated heterocycles. The van der Waals surface area contributed by atoms with Gasteiger partial charge in [0.25, 0.3) is 0 Å². The number of nitrogens with zero attached hydrogens (tertiary/aromatic N) is 2. The van der Waals surface area contributed by atoms with Crippen LogP contribution < -0.4 is 0 Å². The number of benzene rings is 2. The topological polar surface area (TPSA) is 41.6 Å². The smallest absolute Gasteiger partial charge is 0.108 e. The Morgan fingerprint density at radius 2 is 1.71 bits per heavy atom. The molecule has 0 bridgehead atoms. The molecule has 2 aromatic heterocycles. The van der Waals surface area contributed by atoms with Gasteiger partial charge in [0.15, 0.2) is 0 Å². The Morgan fingerprint density at radius 1 is 0.952 bits per heavy atom. The SMILES string of the molecule is CSc1nc2ccccc2c2[nH]nc(-c3ccccc3)c12. The molecular weight excluding hydrogens is 278 g/mol. The number of hydrogen-bond donors (Lipinski definition) is 1. The summed E-state index contributed by atoms with van der Waals surface area (Å²) in [4.78, 5) is 4.78. The molecule has 21 heavy (non-hydrogen) atoms. The van der Waals surface area contributed by atoms with E-state index >= 15 is 0 Å². The zero-order valence-corrected chi connectivity index (χ0v) is 12.3. The minimum Gasteiger partial charge on any atom is -0.276 e. The molecule has 4 rings (SSSR count). The first kappa shape index (κ1) is 12.4. The van der Waals surface area contributed by atoms with E-state index in [2.05, 4.69) is 34.7 Å². The number of pyridine rings is 1. The Bertz CT molecular complexity index is 929. The quantitative estimate of drug-likeness (QED) is 0.553. The molecule has 0 atom stereocenters. The third-order valence-electron chi connectivity index (χ3n) is 3.62. The highest BCUT2D eigenvalue weighted by atomic mass is 32.2. The summed E-state index contributed by atoms with van der Waals surface area (Å²) < 4.78 is 0. The normalized spacial score (nSPS) is 11.3. The molecule has 0 radical (unpaired) electrons. The van der Waals surface area contributed by atoms with Crippen LogP contribution in [0.15, 0.2) is 59.6 Å². The van der Waals surface area contributed by atoms with Gasteiger partial charge in [-0.15, -0.1) is 11.8 Å². The lowest BCUT2D eigenvalue weighted by molar-refractivity contribution is 1.13. The number of thioether (sulfide) groups is 1. The van der Waals surface area contributed by atoms with Crippen LogP contribution in [0.5, 0.6) is 0 Å². The summed E-state index contributed by atoms with van der Waals surface area (Å²) in [6.07, 6.45) is 2.05. The lowest BCUT2D eigenvalue weighted by Gasteiger charge is -2.05. The zero-order valence-electron chi connectivity index (χ0n) is 11.5. The molecule has 2 aromatic carbocycles. The summed E-state index contributed by atoms with van der Waals surface area (Å²) in [6.45, 7) is 0. The molecule has 0 fully saturated rings. The third-order valence-corrected chi connectivity index (χ3v) is 4.30. The number of para-hydroxylation sites is 1. The molecule has 3 nitrogen and oxygen atoms in total. The third kappa shape index (κ3) is 1.91. The highest BCUT2D eigenvalue weighted by molar-refractivity contribution is 7.98. The second-order valence-corrected chi connectivity index (χ2v) is 5.62. The number of H-pyrrole nitrogens is 1. The van der Waals surface area contributed by atoms with Gasteiger partial charge in [-0.1, -0.05) is 48.5 Å². The van der Waals surface area contributed by atoms with E-state index in [1.165, 1.54) is 0 Å². The van der Waals surface area contributed by atoms with Gasteiger partial charge in [-0.3, -0.25) is 5.10 Å². The van der Waals surface area contributed by atoms with E-state index in [1.807, 2.05) is 36.4 Å². The predicted octanol–water partition coefficient (Wildman–Crippen LogP) is 4.50. The average Bonchev–Trinajstić information content (AvgIpc) is 3.00. The van der Waals surface area contributed by atoms with Crippen molar-refractivity contribution in [2.45, 2.75) is 5.03 Å². The van der Waals surface area contributed by atoms with Gasteiger partial charge in [0, 0.05) is 10.9 Å². The average molecular weight is 291 g/mol. The molecule has 0 aliphatic carbocycles. The van der Waals surface area contributed by atoms with Crippen molar-refractivity contribution in [3.8, 4) is 11.3 Å². The van der Waals surface area contributed by atoms with E-state index in [9.17, 15) is 0 Å². The van der Waals surface area contributed by atoms with Gasteiger partial charge >= 0.3 is 0 Å². The summed E-state index contributed by atoms with van der Waals surface area (Å²) in [5.74, 6) is 0. The van der Waals surface area contributed by atoms with Crippen LogP contribution >= 0.6 is 11.8 Å². The summed E-state index contributed by atoms with van der Waals surface area (Å²) in [5.41, 5.74) is 4.13. The number of rotatable bonds is 2. The molecular formula is C17H13N3S. The Hall–Kier alpha value is -2.33. The predicted molar refractivity (Wildman–Crippen MR) is 88.6 cm³/mol. The monoisotopic (exact) mass is 291 g/mol. The van der Waals surface area contributed by atoms with Gasteiger partial charge < -0.3 is 0 Å². The van der Waals surface area contributed by atoms with Gasteiger partial charge in [0.2, 0.25) is 0 Å². The summed E-state index contributed by atoms with van der Waals surface area (Å²) in [6, 6.07) is 18.4. The lowest BCUT2D eigenvalue weighted by Crippen LogP contribution is -1.86. The molecule has 0 aliphatic heterocycles. The van der Waals surface area contributed by atoms with Gasteiger partial charge in [-0.2, -0.15) is 5.10 Å². The van der Waals surface area contributed by atoms with Crippen molar-refractivity contribution in [2.24, 2.45) is 0 Å². The standard InChI is InChI=1S/C17H13N3S/c1-21-17-14-15(11-7-3-2-4-8-11)19-20-16(14)12-9-5-6-10-13(12)18-17/h2-10H,1H3,(H,19,20). The Kier molecular flexibility index (Phi) is 2.89. The summed E-state index contributed by atoms with van der Waals surface area (Å²) >= 11 is 1.66. The fourth-order valence-electron chi connectivity index (χ4n) is 2.65. The maximum Gasteiger partial charge on any atom is 0.108 e.